The van der Waals surface area contributed by atoms with Crippen molar-refractivity contribution in [2.45, 2.75) is 32.7 Å². The summed E-state index contributed by atoms with van der Waals surface area (Å²) in [6, 6.07) is 10.0. The maximum absolute atomic E-state index is 15.3. The molecule has 0 bridgehead atoms. The molecule has 1 unspecified atom stereocenters. The van der Waals surface area contributed by atoms with Gasteiger partial charge in [0.15, 0.2) is 0 Å². The lowest BCUT2D eigenvalue weighted by atomic mass is 10.0. The summed E-state index contributed by atoms with van der Waals surface area (Å²) in [5.74, 6) is -0.488. The van der Waals surface area contributed by atoms with E-state index in [0.29, 0.717) is 28.0 Å². The van der Waals surface area contributed by atoms with Crippen LogP contribution < -0.4 is 10.2 Å². The third-order valence-corrected chi connectivity index (χ3v) is 7.17. The number of carbonyl (C=O) groups excluding carboxylic acids is 1. The molecular formula is C25H23ClFN5OS. The average Bonchev–Trinajstić information content (AvgIpc) is 3.26. The summed E-state index contributed by atoms with van der Waals surface area (Å²) in [4.78, 5) is 20.2. The quantitative estimate of drug-likeness (QED) is 0.401. The molecule has 0 aliphatic carbocycles. The number of rotatable bonds is 4. The lowest BCUT2D eigenvalue weighted by Crippen LogP contribution is -2.49. The van der Waals surface area contributed by atoms with Gasteiger partial charge in [-0.05, 0) is 74.5 Å². The fourth-order valence-electron chi connectivity index (χ4n) is 4.49. The van der Waals surface area contributed by atoms with Crippen molar-refractivity contribution < 1.29 is 9.18 Å². The Hall–Kier alpha value is -2.94. The normalized spacial score (nSPS) is 16.1. The van der Waals surface area contributed by atoms with Gasteiger partial charge in [0.1, 0.15) is 21.7 Å². The van der Waals surface area contributed by atoms with E-state index in [0.717, 1.165) is 40.7 Å². The lowest BCUT2D eigenvalue weighted by molar-refractivity contribution is 0.0968. The van der Waals surface area contributed by atoms with Crippen LogP contribution in [0.4, 0.5) is 10.2 Å². The molecule has 0 saturated carbocycles. The van der Waals surface area contributed by atoms with Crippen LogP contribution in [0.25, 0.3) is 21.3 Å². The predicted octanol–water partition coefficient (Wildman–Crippen LogP) is 5.56. The van der Waals surface area contributed by atoms with E-state index >= 15 is 4.39 Å². The number of hydrogen-bond acceptors (Lipinski definition) is 6. The maximum Gasteiger partial charge on any atom is 0.262 e. The molecule has 1 aliphatic rings. The zero-order valence-corrected chi connectivity index (χ0v) is 20.4. The molecule has 1 amide bonds. The van der Waals surface area contributed by atoms with Gasteiger partial charge in [-0.2, -0.15) is 0 Å². The minimum atomic E-state index is -0.593. The highest BCUT2D eigenvalue weighted by Gasteiger charge is 2.32. The summed E-state index contributed by atoms with van der Waals surface area (Å²) in [7, 11) is 0. The van der Waals surface area contributed by atoms with Crippen LogP contribution in [0.2, 0.25) is 5.02 Å². The van der Waals surface area contributed by atoms with E-state index in [2.05, 4.69) is 20.5 Å². The van der Waals surface area contributed by atoms with Crippen LogP contribution in [0.5, 0.6) is 0 Å². The summed E-state index contributed by atoms with van der Waals surface area (Å²) in [6.07, 6.45) is 3.39. The van der Waals surface area contributed by atoms with E-state index in [1.54, 1.807) is 17.2 Å². The first-order chi connectivity index (χ1) is 16.4. The number of aromatic nitrogens is 3. The SMILES string of the molecule is Cc1nnc(-c2ccc(C(=O)N(c3nccc4cc(Cl)cc(C)c34)C3CCCNC3)c(F)c2)s1. The number of hydrogen-bond donors (Lipinski definition) is 1. The van der Waals surface area contributed by atoms with E-state index in [1.807, 2.05) is 32.0 Å². The van der Waals surface area contributed by atoms with Crippen molar-refractivity contribution in [1.82, 2.24) is 20.5 Å². The maximum atomic E-state index is 15.3. The topological polar surface area (TPSA) is 71.0 Å². The zero-order valence-electron chi connectivity index (χ0n) is 18.8. The van der Waals surface area contributed by atoms with E-state index in [1.165, 1.54) is 23.5 Å². The van der Waals surface area contributed by atoms with Crippen LogP contribution in [0.3, 0.4) is 0 Å². The number of anilines is 1. The largest absolute Gasteiger partial charge is 0.315 e. The molecule has 174 valence electrons. The van der Waals surface area contributed by atoms with Crippen LogP contribution in [0, 0.1) is 19.7 Å². The van der Waals surface area contributed by atoms with Gasteiger partial charge < -0.3 is 5.32 Å². The average molecular weight is 496 g/mol. The van der Waals surface area contributed by atoms with Gasteiger partial charge >= 0.3 is 0 Å². The number of nitrogens with one attached hydrogen (secondary N) is 1. The third kappa shape index (κ3) is 4.29. The van der Waals surface area contributed by atoms with Gasteiger partial charge in [0.25, 0.3) is 5.91 Å². The summed E-state index contributed by atoms with van der Waals surface area (Å²) in [5, 5.41) is 15.2. The van der Waals surface area contributed by atoms with Gasteiger partial charge in [-0.25, -0.2) is 9.37 Å². The number of carbonyl (C=O) groups is 1. The number of pyridine rings is 1. The first-order valence-electron chi connectivity index (χ1n) is 11.1. The molecule has 9 heteroatoms. The second kappa shape index (κ2) is 9.37. The molecule has 5 rings (SSSR count). The lowest BCUT2D eigenvalue weighted by Gasteiger charge is -2.35. The Morgan fingerprint density at radius 1 is 1.21 bits per heavy atom. The van der Waals surface area contributed by atoms with Crippen LogP contribution >= 0.6 is 22.9 Å². The molecule has 2 aromatic carbocycles. The molecular weight excluding hydrogens is 473 g/mol. The molecule has 3 heterocycles. The van der Waals surface area contributed by atoms with E-state index in [4.69, 9.17) is 11.6 Å². The van der Waals surface area contributed by atoms with Crippen molar-refractivity contribution in [2.24, 2.45) is 0 Å². The van der Waals surface area contributed by atoms with Crippen LogP contribution in [-0.4, -0.2) is 40.2 Å². The first-order valence-corrected chi connectivity index (χ1v) is 12.3. The Bertz CT molecular complexity index is 1390. The highest BCUT2D eigenvalue weighted by atomic mass is 35.5. The van der Waals surface area contributed by atoms with Gasteiger partial charge in [-0.15, -0.1) is 10.2 Å². The van der Waals surface area contributed by atoms with Gasteiger partial charge in [0.2, 0.25) is 0 Å². The van der Waals surface area contributed by atoms with Gasteiger partial charge in [-0.1, -0.05) is 29.0 Å². The summed E-state index contributed by atoms with van der Waals surface area (Å²) in [5.41, 5.74) is 1.51. The number of nitrogens with zero attached hydrogens (tertiary/aromatic N) is 4. The number of halogens is 2. The Kier molecular flexibility index (Phi) is 6.29. The van der Waals surface area contributed by atoms with E-state index < -0.39 is 11.7 Å². The standard InChI is InChI=1S/C25H23ClFN5OS/c1-14-10-18(26)11-16-7-9-29-23(22(14)16)32(19-4-3-8-28-13-19)25(33)20-6-5-17(12-21(20)27)24-31-30-15(2)34-24/h5-7,9-12,19,28H,3-4,8,13H2,1-2H3. The fourth-order valence-corrected chi connectivity index (χ4v) is 5.46. The Balaban J connectivity index is 1.61. The second-order valence-electron chi connectivity index (χ2n) is 8.45. The number of amides is 1. The monoisotopic (exact) mass is 495 g/mol. The van der Waals surface area contributed by atoms with Crippen molar-refractivity contribution in [1.29, 1.82) is 0 Å². The Morgan fingerprint density at radius 2 is 2.06 bits per heavy atom. The van der Waals surface area contributed by atoms with Crippen molar-refractivity contribution in [3.63, 3.8) is 0 Å². The van der Waals surface area contributed by atoms with Crippen LogP contribution in [0.1, 0.15) is 33.8 Å². The molecule has 1 saturated heterocycles. The van der Waals surface area contributed by atoms with Crippen LogP contribution in [-0.2, 0) is 0 Å². The minimum Gasteiger partial charge on any atom is -0.315 e. The number of aryl methyl sites for hydroxylation is 2. The molecule has 0 spiro atoms. The smallest absolute Gasteiger partial charge is 0.262 e. The highest BCUT2D eigenvalue weighted by Crippen LogP contribution is 2.34. The summed E-state index contributed by atoms with van der Waals surface area (Å²) in [6.45, 7) is 5.29. The van der Waals surface area contributed by atoms with Gasteiger partial charge in [0.05, 0.1) is 11.6 Å². The van der Waals surface area contributed by atoms with Crippen LogP contribution in [0.15, 0.2) is 42.6 Å². The number of piperidine rings is 1. The predicted molar refractivity (Wildman–Crippen MR) is 134 cm³/mol. The summed E-state index contributed by atoms with van der Waals surface area (Å²) < 4.78 is 15.3. The van der Waals surface area contributed by atoms with Crippen molar-refractivity contribution in [3.05, 3.63) is 69.6 Å². The minimum absolute atomic E-state index is 0.000908. The summed E-state index contributed by atoms with van der Waals surface area (Å²) >= 11 is 7.66. The molecule has 1 N–H and O–H groups in total. The van der Waals surface area contributed by atoms with Gasteiger partial charge in [0, 0.05) is 28.7 Å². The van der Waals surface area contributed by atoms with E-state index in [-0.39, 0.29) is 11.6 Å². The highest BCUT2D eigenvalue weighted by molar-refractivity contribution is 7.14. The molecule has 1 atom stereocenters. The number of fused-ring (bicyclic) bond motifs is 1. The van der Waals surface area contributed by atoms with Crippen molar-refractivity contribution in [3.8, 4) is 10.6 Å². The van der Waals surface area contributed by atoms with Crippen molar-refractivity contribution in [2.75, 3.05) is 18.0 Å². The zero-order chi connectivity index (χ0) is 23.8. The second-order valence-corrected chi connectivity index (χ2v) is 10.1. The molecule has 0 radical (unpaired) electrons. The molecule has 1 aliphatic heterocycles. The molecule has 34 heavy (non-hydrogen) atoms. The molecule has 6 nitrogen and oxygen atoms in total. The Labute approximate surface area is 205 Å². The molecule has 2 aromatic heterocycles. The third-order valence-electron chi connectivity index (χ3n) is 6.06. The van der Waals surface area contributed by atoms with E-state index in [9.17, 15) is 4.79 Å². The Morgan fingerprint density at radius 3 is 2.76 bits per heavy atom. The number of benzene rings is 2. The van der Waals surface area contributed by atoms with Gasteiger partial charge in [-0.3, -0.25) is 9.69 Å². The van der Waals surface area contributed by atoms with Crippen molar-refractivity contribution >= 4 is 45.4 Å². The first kappa shape index (κ1) is 22.8. The molecule has 1 fully saturated rings. The molecule has 4 aromatic rings. The fraction of sp³-hybridized carbons (Fsp3) is 0.280.